The number of aryl methyl sites for hydroxylation is 1. The summed E-state index contributed by atoms with van der Waals surface area (Å²) in [6.45, 7) is 0.724. The van der Waals surface area contributed by atoms with Crippen molar-refractivity contribution in [3.63, 3.8) is 0 Å². The lowest BCUT2D eigenvalue weighted by Crippen LogP contribution is -2.25. The van der Waals surface area contributed by atoms with Crippen LogP contribution in [0.15, 0.2) is 52.1 Å². The molecule has 2 rings (SSSR count). The maximum Gasteiger partial charge on any atom is 0.220 e. The molecule has 4 heteroatoms. The van der Waals surface area contributed by atoms with Crippen LogP contribution in [0.3, 0.4) is 0 Å². The van der Waals surface area contributed by atoms with E-state index in [2.05, 4.69) is 28.9 Å². The normalized spacial score (nSPS) is 10.3. The largest absolute Gasteiger partial charge is 0.355 e. The Hall–Kier alpha value is -1.26. The Kier molecular flexibility index (Phi) is 5.98. The lowest BCUT2D eigenvalue weighted by Gasteiger charge is -2.04. The molecule has 2 aromatic rings. The van der Waals surface area contributed by atoms with Crippen molar-refractivity contribution in [2.75, 3.05) is 12.3 Å². The van der Waals surface area contributed by atoms with Gasteiger partial charge in [0.1, 0.15) is 0 Å². The Bertz CT molecular complexity index is 482. The van der Waals surface area contributed by atoms with Crippen molar-refractivity contribution in [1.82, 2.24) is 5.32 Å². The minimum absolute atomic E-state index is 0.139. The van der Waals surface area contributed by atoms with Gasteiger partial charge in [0.15, 0.2) is 0 Å². The molecular formula is C15H17NOS2. The van der Waals surface area contributed by atoms with Gasteiger partial charge < -0.3 is 5.32 Å². The van der Waals surface area contributed by atoms with E-state index in [1.54, 1.807) is 23.1 Å². The minimum Gasteiger partial charge on any atom is -0.355 e. The van der Waals surface area contributed by atoms with E-state index in [-0.39, 0.29) is 5.91 Å². The molecule has 0 unspecified atom stereocenters. The highest BCUT2D eigenvalue weighted by Gasteiger charge is 2.02. The topological polar surface area (TPSA) is 29.1 Å². The molecule has 0 aliphatic heterocycles. The summed E-state index contributed by atoms with van der Waals surface area (Å²) in [5.74, 6) is 1.05. The van der Waals surface area contributed by atoms with E-state index in [1.807, 2.05) is 23.6 Å². The molecule has 1 amide bonds. The Morgan fingerprint density at radius 1 is 1.21 bits per heavy atom. The second-order valence-corrected chi connectivity index (χ2v) is 6.09. The zero-order valence-electron chi connectivity index (χ0n) is 10.7. The highest BCUT2D eigenvalue weighted by Crippen LogP contribution is 2.15. The van der Waals surface area contributed by atoms with Gasteiger partial charge in [0.2, 0.25) is 5.91 Å². The van der Waals surface area contributed by atoms with Crippen molar-refractivity contribution in [3.8, 4) is 0 Å². The number of thioether (sulfide) groups is 1. The number of nitrogens with one attached hydrogen (secondary N) is 1. The first kappa shape index (κ1) is 14.2. The van der Waals surface area contributed by atoms with Crippen LogP contribution in [0.25, 0.3) is 0 Å². The zero-order valence-corrected chi connectivity index (χ0v) is 12.3. The van der Waals surface area contributed by atoms with Gasteiger partial charge in [0.05, 0.1) is 0 Å². The molecule has 0 aliphatic carbocycles. The summed E-state index contributed by atoms with van der Waals surface area (Å²) in [6.07, 6.45) is 1.41. The molecule has 0 radical (unpaired) electrons. The predicted molar refractivity (Wildman–Crippen MR) is 82.8 cm³/mol. The summed E-state index contributed by atoms with van der Waals surface area (Å²) in [7, 11) is 0. The molecule has 0 aliphatic rings. The van der Waals surface area contributed by atoms with E-state index in [0.29, 0.717) is 6.42 Å². The van der Waals surface area contributed by atoms with Gasteiger partial charge in [-0.25, -0.2) is 0 Å². The van der Waals surface area contributed by atoms with Crippen molar-refractivity contribution >= 4 is 29.0 Å². The average molecular weight is 291 g/mol. The molecule has 1 heterocycles. The van der Waals surface area contributed by atoms with E-state index in [4.69, 9.17) is 0 Å². The number of carbonyl (C=O) groups is 1. The second-order valence-electron chi connectivity index (χ2n) is 4.14. The highest BCUT2D eigenvalue weighted by atomic mass is 32.2. The van der Waals surface area contributed by atoms with Crippen molar-refractivity contribution < 1.29 is 4.79 Å². The van der Waals surface area contributed by atoms with E-state index in [0.717, 1.165) is 18.7 Å². The minimum atomic E-state index is 0.139. The number of carbonyl (C=O) groups excluding carboxylic acids is 1. The fourth-order valence-corrected chi connectivity index (χ4v) is 3.15. The van der Waals surface area contributed by atoms with Gasteiger partial charge in [0, 0.05) is 23.6 Å². The van der Waals surface area contributed by atoms with Crippen LogP contribution in [0.1, 0.15) is 12.0 Å². The quantitative estimate of drug-likeness (QED) is 0.624. The van der Waals surface area contributed by atoms with Gasteiger partial charge in [-0.1, -0.05) is 18.2 Å². The van der Waals surface area contributed by atoms with Gasteiger partial charge in [-0.2, -0.15) is 11.3 Å². The summed E-state index contributed by atoms with van der Waals surface area (Å²) in [4.78, 5) is 12.9. The Morgan fingerprint density at radius 2 is 2.05 bits per heavy atom. The predicted octanol–water partition coefficient (Wildman–Crippen LogP) is 3.59. The number of hydrogen-bond donors (Lipinski definition) is 1. The first-order valence-electron chi connectivity index (χ1n) is 6.30. The number of amides is 1. The van der Waals surface area contributed by atoms with Crippen LogP contribution in [-0.2, 0) is 11.2 Å². The highest BCUT2D eigenvalue weighted by molar-refractivity contribution is 7.99. The van der Waals surface area contributed by atoms with Gasteiger partial charge in [-0.3, -0.25) is 4.79 Å². The fourth-order valence-electron chi connectivity index (χ4n) is 1.66. The average Bonchev–Trinajstić information content (AvgIpc) is 2.96. The van der Waals surface area contributed by atoms with Gasteiger partial charge in [-0.15, -0.1) is 11.8 Å². The maximum atomic E-state index is 11.6. The van der Waals surface area contributed by atoms with E-state index < -0.39 is 0 Å². The standard InChI is InChI=1S/C15H17NOS2/c17-15(7-6-13-8-10-18-12-13)16-9-11-19-14-4-2-1-3-5-14/h1-5,8,10,12H,6-7,9,11H2,(H,16,17). The summed E-state index contributed by atoms with van der Waals surface area (Å²) in [5.41, 5.74) is 1.25. The fraction of sp³-hybridized carbons (Fsp3) is 0.267. The van der Waals surface area contributed by atoms with Crippen molar-refractivity contribution in [2.45, 2.75) is 17.7 Å². The molecule has 1 aromatic heterocycles. The van der Waals surface area contributed by atoms with Gasteiger partial charge in [-0.05, 0) is 40.9 Å². The first-order valence-corrected chi connectivity index (χ1v) is 8.23. The lowest BCUT2D eigenvalue weighted by atomic mass is 10.2. The smallest absolute Gasteiger partial charge is 0.220 e. The van der Waals surface area contributed by atoms with Crippen molar-refractivity contribution in [3.05, 3.63) is 52.7 Å². The van der Waals surface area contributed by atoms with E-state index >= 15 is 0 Å². The van der Waals surface area contributed by atoms with Gasteiger partial charge in [0.25, 0.3) is 0 Å². The molecule has 0 bridgehead atoms. The van der Waals surface area contributed by atoms with Crippen LogP contribution < -0.4 is 5.32 Å². The number of benzene rings is 1. The van der Waals surface area contributed by atoms with Crippen LogP contribution in [0.2, 0.25) is 0 Å². The van der Waals surface area contributed by atoms with Gasteiger partial charge >= 0.3 is 0 Å². The van der Waals surface area contributed by atoms with E-state index in [9.17, 15) is 4.79 Å². The van der Waals surface area contributed by atoms with Crippen molar-refractivity contribution in [2.24, 2.45) is 0 Å². The molecule has 0 atom stereocenters. The van der Waals surface area contributed by atoms with Crippen LogP contribution in [0, 0.1) is 0 Å². The molecule has 0 spiro atoms. The molecule has 100 valence electrons. The zero-order chi connectivity index (χ0) is 13.3. The van der Waals surface area contributed by atoms with E-state index in [1.165, 1.54) is 10.5 Å². The summed E-state index contributed by atoms with van der Waals surface area (Å²) >= 11 is 3.44. The molecule has 0 saturated heterocycles. The second kappa shape index (κ2) is 8.02. The molecule has 1 aromatic carbocycles. The maximum absolute atomic E-state index is 11.6. The number of thiophene rings is 1. The first-order chi connectivity index (χ1) is 9.34. The molecule has 1 N–H and O–H groups in total. The third-order valence-electron chi connectivity index (χ3n) is 2.66. The molecule has 19 heavy (non-hydrogen) atoms. The SMILES string of the molecule is O=C(CCc1ccsc1)NCCSc1ccccc1. The number of hydrogen-bond acceptors (Lipinski definition) is 3. The monoisotopic (exact) mass is 291 g/mol. The lowest BCUT2D eigenvalue weighted by molar-refractivity contribution is -0.120. The Labute approximate surface area is 122 Å². The molecule has 2 nitrogen and oxygen atoms in total. The summed E-state index contributed by atoms with van der Waals surface area (Å²) in [5, 5.41) is 7.10. The van der Waals surface area contributed by atoms with Crippen LogP contribution >= 0.6 is 23.1 Å². The Balaban J connectivity index is 1.57. The number of rotatable bonds is 7. The third kappa shape index (κ3) is 5.49. The van der Waals surface area contributed by atoms with Crippen molar-refractivity contribution in [1.29, 1.82) is 0 Å². The van der Waals surface area contributed by atoms with Crippen LogP contribution in [-0.4, -0.2) is 18.2 Å². The summed E-state index contributed by atoms with van der Waals surface area (Å²) in [6, 6.07) is 12.3. The van der Waals surface area contributed by atoms with Crippen LogP contribution in [0.5, 0.6) is 0 Å². The third-order valence-corrected chi connectivity index (χ3v) is 4.40. The Morgan fingerprint density at radius 3 is 2.79 bits per heavy atom. The molecular weight excluding hydrogens is 274 g/mol. The van der Waals surface area contributed by atoms with Crippen LogP contribution in [0.4, 0.5) is 0 Å². The molecule has 0 fully saturated rings. The molecule has 0 saturated carbocycles. The summed E-state index contributed by atoms with van der Waals surface area (Å²) < 4.78 is 0.